The fraction of sp³-hybridized carbons (Fsp3) is 0.308. The molecular weight excluding hydrogens is 276 g/mol. The summed E-state index contributed by atoms with van der Waals surface area (Å²) < 4.78 is 0. The van der Waals surface area contributed by atoms with Crippen LogP contribution in [0.3, 0.4) is 0 Å². The minimum atomic E-state index is -0.495. The van der Waals surface area contributed by atoms with Crippen molar-refractivity contribution in [2.75, 3.05) is 11.2 Å². The van der Waals surface area contributed by atoms with Gasteiger partial charge in [0.15, 0.2) is 5.50 Å². The maximum Gasteiger partial charge on any atom is 0.355 e. The highest BCUT2D eigenvalue weighted by Crippen LogP contribution is 2.23. The molecule has 1 unspecified atom stereocenters. The molecule has 1 heterocycles. The Morgan fingerprint density at radius 3 is 2.45 bits per heavy atom. The average molecular weight is 292 g/mol. The Bertz CT molecular complexity index is 543. The van der Waals surface area contributed by atoms with Crippen molar-refractivity contribution in [2.24, 2.45) is 5.10 Å². The number of carbonyl (C=O) groups excluding carboxylic acids is 2. The SMILES string of the molecule is CSC1NC(=O)N(c2ccccc2)C(=O)N1N=C(C)C. The molecular formula is C13H16N4O2S. The second-order valence-corrected chi connectivity index (χ2v) is 5.30. The van der Waals surface area contributed by atoms with Crippen LogP contribution in [0.25, 0.3) is 0 Å². The maximum absolute atomic E-state index is 12.5. The van der Waals surface area contributed by atoms with Crippen LogP contribution in [-0.4, -0.2) is 34.5 Å². The molecule has 1 fully saturated rings. The third-order valence-corrected chi connectivity index (χ3v) is 3.37. The van der Waals surface area contributed by atoms with E-state index >= 15 is 0 Å². The molecule has 7 heteroatoms. The molecule has 1 atom stereocenters. The van der Waals surface area contributed by atoms with Crippen molar-refractivity contribution in [3.05, 3.63) is 30.3 Å². The molecule has 0 aliphatic carbocycles. The van der Waals surface area contributed by atoms with Gasteiger partial charge in [0, 0.05) is 5.71 Å². The van der Waals surface area contributed by atoms with Gasteiger partial charge in [-0.25, -0.2) is 14.5 Å². The van der Waals surface area contributed by atoms with E-state index in [0.717, 1.165) is 10.6 Å². The van der Waals surface area contributed by atoms with E-state index in [1.54, 1.807) is 38.1 Å². The van der Waals surface area contributed by atoms with E-state index in [9.17, 15) is 9.59 Å². The number of anilines is 1. The normalized spacial score (nSPS) is 18.9. The molecule has 20 heavy (non-hydrogen) atoms. The summed E-state index contributed by atoms with van der Waals surface area (Å²) in [4.78, 5) is 25.7. The highest BCUT2D eigenvalue weighted by Gasteiger charge is 2.39. The fourth-order valence-corrected chi connectivity index (χ4v) is 2.35. The van der Waals surface area contributed by atoms with Crippen molar-refractivity contribution in [3.63, 3.8) is 0 Å². The molecule has 1 N–H and O–H groups in total. The van der Waals surface area contributed by atoms with Crippen molar-refractivity contribution >= 4 is 35.2 Å². The van der Waals surface area contributed by atoms with Crippen LogP contribution < -0.4 is 10.2 Å². The van der Waals surface area contributed by atoms with Crippen LogP contribution in [0.1, 0.15) is 13.8 Å². The summed E-state index contributed by atoms with van der Waals surface area (Å²) in [6.07, 6.45) is 1.81. The number of amides is 4. The fourth-order valence-electron chi connectivity index (χ4n) is 1.80. The lowest BCUT2D eigenvalue weighted by atomic mass is 10.3. The van der Waals surface area contributed by atoms with Crippen molar-refractivity contribution in [3.8, 4) is 0 Å². The summed E-state index contributed by atoms with van der Waals surface area (Å²) in [6.45, 7) is 3.60. The number of benzene rings is 1. The van der Waals surface area contributed by atoms with Crippen molar-refractivity contribution in [1.82, 2.24) is 10.3 Å². The topological polar surface area (TPSA) is 65.0 Å². The summed E-state index contributed by atoms with van der Waals surface area (Å²) in [5.74, 6) is 0. The standard InChI is InChI=1S/C13H16N4O2S/c1-9(2)15-17-12(20-3)14-11(18)16(13(17)19)10-7-5-4-6-8-10/h4-8,12H,1-3H3,(H,14,18). The Morgan fingerprint density at radius 2 is 1.90 bits per heavy atom. The van der Waals surface area contributed by atoms with Crippen LogP contribution in [0.2, 0.25) is 0 Å². The summed E-state index contributed by atoms with van der Waals surface area (Å²) in [6, 6.07) is 7.88. The summed E-state index contributed by atoms with van der Waals surface area (Å²) in [5, 5.41) is 8.24. The lowest BCUT2D eigenvalue weighted by Crippen LogP contribution is -2.62. The Morgan fingerprint density at radius 1 is 1.25 bits per heavy atom. The first-order valence-corrected chi connectivity index (χ1v) is 7.37. The maximum atomic E-state index is 12.5. The minimum Gasteiger partial charge on any atom is -0.306 e. The molecule has 0 spiro atoms. The van der Waals surface area contributed by atoms with Gasteiger partial charge in [-0.2, -0.15) is 10.1 Å². The lowest BCUT2D eigenvalue weighted by molar-refractivity contribution is 0.180. The van der Waals surface area contributed by atoms with E-state index in [1.165, 1.54) is 16.8 Å². The zero-order valence-corrected chi connectivity index (χ0v) is 12.3. The van der Waals surface area contributed by atoms with Gasteiger partial charge in [-0.1, -0.05) is 18.2 Å². The number of hydrogen-bond donors (Lipinski definition) is 1. The number of hydrazone groups is 1. The van der Waals surface area contributed by atoms with E-state index in [0.29, 0.717) is 5.69 Å². The Kier molecular flexibility index (Phi) is 4.29. The Hall–Kier alpha value is -2.02. The predicted octanol–water partition coefficient (Wildman–Crippen LogP) is 2.68. The van der Waals surface area contributed by atoms with Crippen LogP contribution >= 0.6 is 11.8 Å². The number of thioether (sulfide) groups is 1. The van der Waals surface area contributed by atoms with E-state index < -0.39 is 17.6 Å². The smallest absolute Gasteiger partial charge is 0.306 e. The van der Waals surface area contributed by atoms with Gasteiger partial charge in [-0.15, -0.1) is 11.8 Å². The number of carbonyl (C=O) groups is 2. The molecule has 0 aromatic heterocycles. The second kappa shape index (κ2) is 5.96. The molecule has 1 aliphatic rings. The molecule has 106 valence electrons. The van der Waals surface area contributed by atoms with Crippen LogP contribution in [0, 0.1) is 0 Å². The second-order valence-electron chi connectivity index (χ2n) is 4.38. The first-order chi connectivity index (χ1) is 9.54. The Balaban J connectivity index is 2.38. The first-order valence-electron chi connectivity index (χ1n) is 6.08. The van der Waals surface area contributed by atoms with Crippen LogP contribution in [-0.2, 0) is 0 Å². The molecule has 0 saturated carbocycles. The molecule has 2 rings (SSSR count). The third kappa shape index (κ3) is 2.77. The largest absolute Gasteiger partial charge is 0.355 e. The monoisotopic (exact) mass is 292 g/mol. The number of imide groups is 1. The number of rotatable bonds is 3. The predicted molar refractivity (Wildman–Crippen MR) is 80.8 cm³/mol. The molecule has 6 nitrogen and oxygen atoms in total. The van der Waals surface area contributed by atoms with Crippen LogP contribution in [0.15, 0.2) is 35.4 Å². The number of para-hydroxylation sites is 1. The average Bonchev–Trinajstić information content (AvgIpc) is 2.42. The lowest BCUT2D eigenvalue weighted by Gasteiger charge is -2.37. The zero-order valence-electron chi connectivity index (χ0n) is 11.5. The van der Waals surface area contributed by atoms with Gasteiger partial charge in [0.1, 0.15) is 0 Å². The van der Waals surface area contributed by atoms with Crippen molar-refractivity contribution in [1.29, 1.82) is 0 Å². The van der Waals surface area contributed by atoms with Crippen molar-refractivity contribution < 1.29 is 9.59 Å². The molecule has 1 aliphatic heterocycles. The van der Waals surface area contributed by atoms with Gasteiger partial charge in [-0.3, -0.25) is 0 Å². The number of nitrogens with zero attached hydrogens (tertiary/aromatic N) is 3. The third-order valence-electron chi connectivity index (χ3n) is 2.60. The van der Waals surface area contributed by atoms with Gasteiger partial charge < -0.3 is 5.32 Å². The van der Waals surface area contributed by atoms with Crippen molar-refractivity contribution in [2.45, 2.75) is 19.3 Å². The van der Waals surface area contributed by atoms with Gasteiger partial charge in [0.25, 0.3) is 0 Å². The van der Waals surface area contributed by atoms with Gasteiger partial charge in [0.05, 0.1) is 5.69 Å². The van der Waals surface area contributed by atoms with E-state index in [2.05, 4.69) is 10.4 Å². The van der Waals surface area contributed by atoms with Gasteiger partial charge >= 0.3 is 12.1 Å². The quantitative estimate of drug-likeness (QED) is 0.871. The Labute approximate surface area is 121 Å². The first kappa shape index (κ1) is 14.4. The summed E-state index contributed by atoms with van der Waals surface area (Å²) >= 11 is 1.34. The van der Waals surface area contributed by atoms with Gasteiger partial charge in [0.2, 0.25) is 0 Å². The molecule has 0 bridgehead atoms. The van der Waals surface area contributed by atoms with Crippen LogP contribution in [0.4, 0.5) is 15.3 Å². The van der Waals surface area contributed by atoms with E-state index in [4.69, 9.17) is 0 Å². The molecule has 1 saturated heterocycles. The number of urea groups is 2. The molecule has 0 radical (unpaired) electrons. The molecule has 4 amide bonds. The number of hydrogen-bond acceptors (Lipinski definition) is 4. The highest BCUT2D eigenvalue weighted by atomic mass is 32.2. The van der Waals surface area contributed by atoms with Crippen LogP contribution in [0.5, 0.6) is 0 Å². The summed E-state index contributed by atoms with van der Waals surface area (Å²) in [5.41, 5.74) is 0.759. The van der Waals surface area contributed by atoms with E-state index in [1.807, 2.05) is 12.3 Å². The molecule has 1 aromatic carbocycles. The van der Waals surface area contributed by atoms with E-state index in [-0.39, 0.29) is 0 Å². The molecule has 1 aromatic rings. The minimum absolute atomic E-state index is 0.444. The zero-order chi connectivity index (χ0) is 14.7. The van der Waals surface area contributed by atoms with Gasteiger partial charge in [-0.05, 0) is 32.2 Å². The number of nitrogens with one attached hydrogen (secondary N) is 1. The highest BCUT2D eigenvalue weighted by molar-refractivity contribution is 7.99. The summed E-state index contributed by atoms with van der Waals surface area (Å²) in [7, 11) is 0.